The first-order chi connectivity index (χ1) is 13.2. The number of fused-ring (bicyclic) bond motifs is 2. The van der Waals surface area contributed by atoms with Crippen LogP contribution in [0.25, 0.3) is 21.9 Å². The number of hydrogen-bond donors (Lipinski definition) is 0. The largest absolute Gasteiger partial charge is 0.294 e. The Morgan fingerprint density at radius 2 is 1.52 bits per heavy atom. The molecule has 1 nitrogen and oxygen atoms in total. The predicted octanol–water partition coefficient (Wildman–Crippen LogP) is 6.83. The van der Waals surface area contributed by atoms with Crippen LogP contribution < -0.4 is 0 Å². The van der Waals surface area contributed by atoms with Crippen molar-refractivity contribution in [3.05, 3.63) is 71.8 Å². The van der Waals surface area contributed by atoms with Crippen molar-refractivity contribution in [3.63, 3.8) is 0 Å². The van der Waals surface area contributed by atoms with Gasteiger partial charge in [-0.25, -0.2) is 0 Å². The molecule has 1 atom stereocenters. The van der Waals surface area contributed by atoms with Crippen LogP contribution in [-0.4, -0.2) is 5.78 Å². The number of ketones is 1. The minimum Gasteiger partial charge on any atom is -0.294 e. The summed E-state index contributed by atoms with van der Waals surface area (Å²) in [6.07, 6.45) is 7.21. The fourth-order valence-electron chi connectivity index (χ4n) is 5.53. The molecule has 2 aliphatic carbocycles. The summed E-state index contributed by atoms with van der Waals surface area (Å²) >= 11 is 0. The molecule has 1 fully saturated rings. The van der Waals surface area contributed by atoms with Crippen molar-refractivity contribution in [1.29, 1.82) is 0 Å². The molecule has 3 aromatic carbocycles. The average Bonchev–Trinajstić information content (AvgIpc) is 3.00. The molecule has 0 N–H and O–H groups in total. The van der Waals surface area contributed by atoms with E-state index in [2.05, 4.69) is 67.6 Å². The van der Waals surface area contributed by atoms with Crippen LogP contribution in [0.4, 0.5) is 0 Å². The molecule has 0 saturated heterocycles. The number of Topliss-reactive ketones (excluding diaryl/α,β-unsaturated/α-hetero) is 1. The highest BCUT2D eigenvalue weighted by molar-refractivity contribution is 6.12. The summed E-state index contributed by atoms with van der Waals surface area (Å²) in [6.45, 7) is 2.23. The number of carbonyl (C=O) groups is 1. The van der Waals surface area contributed by atoms with Crippen molar-refractivity contribution in [2.75, 3.05) is 0 Å². The highest BCUT2D eigenvalue weighted by atomic mass is 16.1. The number of benzene rings is 3. The Labute approximate surface area is 161 Å². The Hall–Kier alpha value is -2.41. The van der Waals surface area contributed by atoms with Gasteiger partial charge in [-0.2, -0.15) is 0 Å². The van der Waals surface area contributed by atoms with E-state index in [1.807, 2.05) is 0 Å². The Morgan fingerprint density at radius 3 is 2.37 bits per heavy atom. The quantitative estimate of drug-likeness (QED) is 0.493. The van der Waals surface area contributed by atoms with Gasteiger partial charge in [0, 0.05) is 11.0 Å². The van der Waals surface area contributed by atoms with Gasteiger partial charge in [0.2, 0.25) is 0 Å². The summed E-state index contributed by atoms with van der Waals surface area (Å²) in [5.74, 6) is 0.916. The summed E-state index contributed by atoms with van der Waals surface area (Å²) in [6, 6.07) is 21.4. The molecule has 0 radical (unpaired) electrons. The Kier molecular flexibility index (Phi) is 3.93. The average molecular weight is 354 g/mol. The van der Waals surface area contributed by atoms with Gasteiger partial charge < -0.3 is 0 Å². The lowest BCUT2D eigenvalue weighted by Crippen LogP contribution is -2.35. The fourth-order valence-corrected chi connectivity index (χ4v) is 5.53. The van der Waals surface area contributed by atoms with E-state index < -0.39 is 0 Å². The third kappa shape index (κ3) is 2.56. The molecule has 5 rings (SSSR count). The molecule has 0 heterocycles. The number of rotatable bonds is 2. The topological polar surface area (TPSA) is 17.1 Å². The Morgan fingerprint density at radius 1 is 0.815 bits per heavy atom. The van der Waals surface area contributed by atoms with Gasteiger partial charge in [0.25, 0.3) is 0 Å². The van der Waals surface area contributed by atoms with Gasteiger partial charge in [0.05, 0.1) is 0 Å². The molecule has 0 amide bonds. The summed E-state index contributed by atoms with van der Waals surface area (Å²) < 4.78 is 0. The third-order valence-electron chi connectivity index (χ3n) is 7.04. The normalized spacial score (nSPS) is 22.9. The van der Waals surface area contributed by atoms with Gasteiger partial charge in [0.15, 0.2) is 5.78 Å². The molecule has 136 valence electrons. The molecule has 1 heteroatoms. The lowest BCUT2D eigenvalue weighted by molar-refractivity contribution is 0.0684. The second kappa shape index (κ2) is 6.34. The third-order valence-corrected chi connectivity index (χ3v) is 7.04. The molecule has 2 aliphatic rings. The van der Waals surface area contributed by atoms with Crippen molar-refractivity contribution >= 4 is 16.6 Å². The molecule has 3 aromatic rings. The SMILES string of the molecule is CC1(C2CCCCC2)Cc2cccc(-c3cccc4ccccc34)c2C1=O. The molecule has 0 bridgehead atoms. The van der Waals surface area contributed by atoms with Crippen molar-refractivity contribution < 1.29 is 4.79 Å². The van der Waals surface area contributed by atoms with E-state index in [9.17, 15) is 4.79 Å². The zero-order chi connectivity index (χ0) is 18.4. The highest BCUT2D eigenvalue weighted by Crippen LogP contribution is 2.50. The van der Waals surface area contributed by atoms with Crippen molar-refractivity contribution in [3.8, 4) is 11.1 Å². The molecular weight excluding hydrogens is 328 g/mol. The fraction of sp³-hybridized carbons (Fsp3) is 0.346. The molecule has 0 spiro atoms. The van der Waals surface area contributed by atoms with E-state index in [0.717, 1.165) is 17.5 Å². The second-order valence-corrected chi connectivity index (χ2v) is 8.62. The molecule has 0 aliphatic heterocycles. The van der Waals surface area contributed by atoms with Gasteiger partial charge in [0.1, 0.15) is 0 Å². The van der Waals surface area contributed by atoms with Gasteiger partial charge in [-0.1, -0.05) is 86.8 Å². The van der Waals surface area contributed by atoms with Gasteiger partial charge in [-0.15, -0.1) is 0 Å². The van der Waals surface area contributed by atoms with Crippen molar-refractivity contribution in [1.82, 2.24) is 0 Å². The van der Waals surface area contributed by atoms with Crippen LogP contribution in [0.3, 0.4) is 0 Å². The van der Waals surface area contributed by atoms with Crippen LogP contribution in [0.5, 0.6) is 0 Å². The first-order valence-corrected chi connectivity index (χ1v) is 10.3. The first kappa shape index (κ1) is 16.7. The molecule has 1 unspecified atom stereocenters. The minimum atomic E-state index is -0.219. The molecule has 27 heavy (non-hydrogen) atoms. The van der Waals surface area contributed by atoms with Crippen LogP contribution in [-0.2, 0) is 6.42 Å². The summed E-state index contributed by atoms with van der Waals surface area (Å²) in [7, 11) is 0. The van der Waals surface area contributed by atoms with Crippen LogP contribution >= 0.6 is 0 Å². The smallest absolute Gasteiger partial charge is 0.170 e. The van der Waals surface area contributed by atoms with E-state index >= 15 is 0 Å². The summed E-state index contributed by atoms with van der Waals surface area (Å²) in [5.41, 5.74) is 4.32. The maximum atomic E-state index is 13.7. The highest BCUT2D eigenvalue weighted by Gasteiger charge is 2.47. The van der Waals surface area contributed by atoms with Gasteiger partial charge >= 0.3 is 0 Å². The zero-order valence-electron chi connectivity index (χ0n) is 16.0. The van der Waals surface area contributed by atoms with Crippen LogP contribution in [0.1, 0.15) is 54.9 Å². The maximum absolute atomic E-state index is 13.7. The zero-order valence-corrected chi connectivity index (χ0v) is 16.0. The predicted molar refractivity (Wildman–Crippen MR) is 112 cm³/mol. The monoisotopic (exact) mass is 354 g/mol. The lowest BCUT2D eigenvalue weighted by atomic mass is 9.67. The standard InChI is InChI=1S/C26H26O/c1-26(20-12-3-2-4-13-20)17-19-11-8-16-23(24(19)25(26)27)22-15-7-10-18-9-5-6-14-21(18)22/h5-11,14-16,20H,2-4,12-13,17H2,1H3. The van der Waals surface area contributed by atoms with Crippen molar-refractivity contribution in [2.45, 2.75) is 45.4 Å². The van der Waals surface area contributed by atoms with Gasteiger partial charge in [-0.3, -0.25) is 4.79 Å². The molecular formula is C26H26O. The first-order valence-electron chi connectivity index (χ1n) is 10.3. The molecule has 1 saturated carbocycles. The van der Waals surface area contributed by atoms with E-state index in [1.165, 1.54) is 54.0 Å². The maximum Gasteiger partial charge on any atom is 0.170 e. The number of hydrogen-bond acceptors (Lipinski definition) is 1. The van der Waals surface area contributed by atoms with Crippen LogP contribution in [0, 0.1) is 11.3 Å². The Balaban J connectivity index is 1.65. The van der Waals surface area contributed by atoms with Crippen molar-refractivity contribution in [2.24, 2.45) is 11.3 Å². The van der Waals surface area contributed by atoms with E-state index in [1.54, 1.807) is 0 Å². The Bertz CT molecular complexity index is 1020. The second-order valence-electron chi connectivity index (χ2n) is 8.62. The lowest BCUT2D eigenvalue weighted by Gasteiger charge is -2.35. The molecule has 0 aromatic heterocycles. The van der Waals surface area contributed by atoms with Gasteiger partial charge in [-0.05, 0) is 52.6 Å². The van der Waals surface area contributed by atoms with E-state index in [0.29, 0.717) is 11.7 Å². The summed E-state index contributed by atoms with van der Waals surface area (Å²) in [5, 5.41) is 2.46. The summed E-state index contributed by atoms with van der Waals surface area (Å²) in [4.78, 5) is 13.7. The van der Waals surface area contributed by atoms with E-state index in [-0.39, 0.29) is 5.41 Å². The number of carbonyl (C=O) groups excluding carboxylic acids is 1. The van der Waals surface area contributed by atoms with E-state index in [4.69, 9.17) is 0 Å². The van der Waals surface area contributed by atoms with Crippen LogP contribution in [0.2, 0.25) is 0 Å². The minimum absolute atomic E-state index is 0.219. The van der Waals surface area contributed by atoms with Crippen LogP contribution in [0.15, 0.2) is 60.7 Å².